The van der Waals surface area contributed by atoms with Gasteiger partial charge in [-0.2, -0.15) is 0 Å². The molecule has 0 spiro atoms. The molecule has 0 atom stereocenters. The summed E-state index contributed by atoms with van der Waals surface area (Å²) in [7, 11) is -3.34. The highest BCUT2D eigenvalue weighted by atomic mass is 32.2. The minimum atomic E-state index is -3.34. The molecule has 0 radical (unpaired) electrons. The quantitative estimate of drug-likeness (QED) is 0.619. The molecule has 0 unspecified atom stereocenters. The van der Waals surface area contributed by atoms with Crippen LogP contribution in [0, 0.1) is 0 Å². The van der Waals surface area contributed by atoms with E-state index < -0.39 is 10.0 Å². The zero-order valence-electron chi connectivity index (χ0n) is 6.56. The van der Waals surface area contributed by atoms with Crippen molar-refractivity contribution < 1.29 is 18.3 Å². The van der Waals surface area contributed by atoms with Crippen molar-refractivity contribution in [3.63, 3.8) is 0 Å². The topological polar surface area (TPSA) is 74.7 Å². The molecular formula is C6H11NO4S. The van der Waals surface area contributed by atoms with Gasteiger partial charge < -0.3 is 5.11 Å². The normalized spacial score (nSPS) is 21.8. The number of hydrogen-bond acceptors (Lipinski definition) is 4. The standard InChI is InChI=1S/C6H11NO4S/c8-4-1-3-7-6(9)2-5-12(7,10)11/h8H,1-5H2. The fourth-order valence-corrected chi connectivity index (χ4v) is 2.55. The van der Waals surface area contributed by atoms with E-state index in [9.17, 15) is 13.2 Å². The van der Waals surface area contributed by atoms with Crippen molar-refractivity contribution in [2.75, 3.05) is 18.9 Å². The van der Waals surface area contributed by atoms with Crippen LogP contribution in [-0.2, 0) is 14.8 Å². The minimum Gasteiger partial charge on any atom is -0.396 e. The number of aliphatic hydroxyl groups excluding tert-OH is 1. The number of hydrogen-bond donors (Lipinski definition) is 1. The van der Waals surface area contributed by atoms with Gasteiger partial charge in [-0.05, 0) is 6.42 Å². The molecule has 70 valence electrons. The van der Waals surface area contributed by atoms with Crippen molar-refractivity contribution in [2.24, 2.45) is 0 Å². The average molecular weight is 193 g/mol. The highest BCUT2D eigenvalue weighted by molar-refractivity contribution is 7.90. The Morgan fingerprint density at radius 3 is 2.58 bits per heavy atom. The maximum Gasteiger partial charge on any atom is 0.237 e. The van der Waals surface area contributed by atoms with Crippen LogP contribution in [0.2, 0.25) is 0 Å². The van der Waals surface area contributed by atoms with Gasteiger partial charge in [0.05, 0.1) is 5.75 Å². The summed E-state index contributed by atoms with van der Waals surface area (Å²) in [5, 5.41) is 8.45. The van der Waals surface area contributed by atoms with Gasteiger partial charge in [-0.3, -0.25) is 4.79 Å². The fourth-order valence-electron chi connectivity index (χ4n) is 1.08. The van der Waals surface area contributed by atoms with Crippen molar-refractivity contribution in [3.05, 3.63) is 0 Å². The third-order valence-corrected chi connectivity index (χ3v) is 3.48. The SMILES string of the molecule is O=C1CCS(=O)(=O)N1CCCO. The zero-order valence-corrected chi connectivity index (χ0v) is 7.38. The summed E-state index contributed by atoms with van der Waals surface area (Å²) in [4.78, 5) is 11.0. The minimum absolute atomic E-state index is 0.0771. The highest BCUT2D eigenvalue weighted by Gasteiger charge is 2.33. The molecule has 5 nitrogen and oxygen atoms in total. The van der Waals surface area contributed by atoms with Crippen LogP contribution in [0.15, 0.2) is 0 Å². The molecule has 1 heterocycles. The molecule has 0 aromatic heterocycles. The first kappa shape index (κ1) is 9.47. The van der Waals surface area contributed by atoms with E-state index in [-0.39, 0.29) is 31.2 Å². The number of amides is 1. The fraction of sp³-hybridized carbons (Fsp3) is 0.833. The molecule has 12 heavy (non-hydrogen) atoms. The lowest BCUT2D eigenvalue weighted by Gasteiger charge is -2.13. The van der Waals surface area contributed by atoms with Gasteiger partial charge in [-0.1, -0.05) is 0 Å². The summed E-state index contributed by atoms with van der Waals surface area (Å²) in [5.41, 5.74) is 0. The van der Waals surface area contributed by atoms with E-state index in [1.54, 1.807) is 0 Å². The van der Waals surface area contributed by atoms with Crippen molar-refractivity contribution in [1.82, 2.24) is 4.31 Å². The van der Waals surface area contributed by atoms with E-state index in [0.717, 1.165) is 4.31 Å². The van der Waals surface area contributed by atoms with Gasteiger partial charge >= 0.3 is 0 Å². The second kappa shape index (κ2) is 3.40. The Balaban J connectivity index is 2.66. The Hall–Kier alpha value is -0.620. The molecule has 0 saturated carbocycles. The largest absolute Gasteiger partial charge is 0.396 e. The van der Waals surface area contributed by atoms with Crippen LogP contribution < -0.4 is 0 Å². The molecule has 0 aromatic rings. The lowest BCUT2D eigenvalue weighted by molar-refractivity contribution is -0.125. The molecule has 0 aromatic carbocycles. The van der Waals surface area contributed by atoms with E-state index in [4.69, 9.17) is 5.11 Å². The van der Waals surface area contributed by atoms with Crippen LogP contribution in [-0.4, -0.2) is 42.6 Å². The number of aliphatic hydroxyl groups is 1. The first-order valence-corrected chi connectivity index (χ1v) is 5.33. The maximum atomic E-state index is 11.1. The second-order valence-electron chi connectivity index (χ2n) is 2.61. The first-order chi connectivity index (χ1) is 5.58. The van der Waals surface area contributed by atoms with Crippen LogP contribution in [0.3, 0.4) is 0 Å². The molecule has 1 fully saturated rings. The zero-order chi connectivity index (χ0) is 9.19. The summed E-state index contributed by atoms with van der Waals surface area (Å²) in [6.07, 6.45) is 0.388. The number of sulfonamides is 1. The van der Waals surface area contributed by atoms with Crippen molar-refractivity contribution in [2.45, 2.75) is 12.8 Å². The van der Waals surface area contributed by atoms with Gasteiger partial charge in [0.2, 0.25) is 15.9 Å². The maximum absolute atomic E-state index is 11.1. The molecule has 1 rings (SSSR count). The number of carbonyl (C=O) groups is 1. The number of nitrogens with zero attached hydrogens (tertiary/aromatic N) is 1. The van der Waals surface area contributed by atoms with Gasteiger partial charge in [0, 0.05) is 19.6 Å². The van der Waals surface area contributed by atoms with Gasteiger partial charge in [-0.25, -0.2) is 12.7 Å². The van der Waals surface area contributed by atoms with Crippen LogP contribution in [0.4, 0.5) is 0 Å². The monoisotopic (exact) mass is 193 g/mol. The van der Waals surface area contributed by atoms with E-state index in [0.29, 0.717) is 6.42 Å². The number of rotatable bonds is 3. The van der Waals surface area contributed by atoms with Crippen molar-refractivity contribution in [3.8, 4) is 0 Å². The molecule has 1 N–H and O–H groups in total. The summed E-state index contributed by atoms with van der Waals surface area (Å²) in [6.45, 7) is 0.0109. The van der Waals surface area contributed by atoms with Gasteiger partial charge in [-0.15, -0.1) is 0 Å². The molecule has 1 aliphatic heterocycles. The van der Waals surface area contributed by atoms with E-state index in [2.05, 4.69) is 0 Å². The van der Waals surface area contributed by atoms with E-state index in [1.807, 2.05) is 0 Å². The Morgan fingerprint density at radius 2 is 2.17 bits per heavy atom. The predicted octanol–water partition coefficient (Wildman–Crippen LogP) is -1.07. The molecule has 6 heteroatoms. The lowest BCUT2D eigenvalue weighted by Crippen LogP contribution is -2.31. The third-order valence-electron chi connectivity index (χ3n) is 1.71. The summed E-state index contributed by atoms with van der Waals surface area (Å²) >= 11 is 0. The van der Waals surface area contributed by atoms with Gasteiger partial charge in [0.1, 0.15) is 0 Å². The third kappa shape index (κ3) is 1.75. The number of carbonyl (C=O) groups excluding carboxylic acids is 1. The Morgan fingerprint density at radius 1 is 1.50 bits per heavy atom. The van der Waals surface area contributed by atoms with Crippen molar-refractivity contribution >= 4 is 15.9 Å². The molecule has 0 aliphatic carbocycles. The van der Waals surface area contributed by atoms with Crippen LogP contribution >= 0.6 is 0 Å². The highest BCUT2D eigenvalue weighted by Crippen LogP contribution is 2.14. The lowest BCUT2D eigenvalue weighted by atomic mass is 10.4. The first-order valence-electron chi connectivity index (χ1n) is 3.72. The predicted molar refractivity (Wildman–Crippen MR) is 41.8 cm³/mol. The summed E-state index contributed by atoms with van der Waals surface area (Å²) in [6, 6.07) is 0. The van der Waals surface area contributed by atoms with Gasteiger partial charge in [0.25, 0.3) is 0 Å². The van der Waals surface area contributed by atoms with Gasteiger partial charge in [0.15, 0.2) is 0 Å². The smallest absolute Gasteiger partial charge is 0.237 e. The summed E-state index contributed by atoms with van der Waals surface area (Å²) < 4.78 is 23.1. The molecule has 1 amide bonds. The van der Waals surface area contributed by atoms with Crippen LogP contribution in [0.5, 0.6) is 0 Å². The van der Waals surface area contributed by atoms with Crippen LogP contribution in [0.1, 0.15) is 12.8 Å². The van der Waals surface area contributed by atoms with E-state index >= 15 is 0 Å². The Labute approximate surface area is 71.0 Å². The molecule has 0 bridgehead atoms. The molecule has 1 saturated heterocycles. The summed E-state index contributed by atoms with van der Waals surface area (Å²) in [5.74, 6) is -0.444. The average Bonchev–Trinajstić information content (AvgIpc) is 2.24. The van der Waals surface area contributed by atoms with Crippen molar-refractivity contribution in [1.29, 1.82) is 0 Å². The Bertz CT molecular complexity index is 271. The molecular weight excluding hydrogens is 182 g/mol. The van der Waals surface area contributed by atoms with E-state index in [1.165, 1.54) is 0 Å². The van der Waals surface area contributed by atoms with Crippen LogP contribution in [0.25, 0.3) is 0 Å². The second-order valence-corrected chi connectivity index (χ2v) is 4.62. The Kier molecular flexibility index (Phi) is 2.69. The molecule has 1 aliphatic rings.